The van der Waals surface area contributed by atoms with Crippen molar-refractivity contribution < 1.29 is 4.79 Å². The van der Waals surface area contributed by atoms with Crippen molar-refractivity contribution in [2.45, 2.75) is 18.9 Å². The molecule has 3 nitrogen and oxygen atoms in total. The predicted molar refractivity (Wildman–Crippen MR) is 32.7 cm³/mol. The number of hydrogen-bond donors (Lipinski definition) is 2. The molecule has 0 aromatic heterocycles. The van der Waals surface area contributed by atoms with Gasteiger partial charge in [-0.1, -0.05) is 0 Å². The fourth-order valence-electron chi connectivity index (χ4n) is 1.57. The van der Waals surface area contributed by atoms with Gasteiger partial charge in [0.25, 0.3) is 0 Å². The molecule has 2 rings (SSSR count). The molecule has 50 valence electrons. The average molecular weight is 126 g/mol. The maximum atomic E-state index is 11.0. The quantitative estimate of drug-likeness (QED) is 0.447. The minimum Gasteiger partial charge on any atom is -0.356 e. The number of nitrogens with one attached hydrogen (secondary N) is 1. The standard InChI is InChI=1S/C6H10N2O/c7-4-3-6(4)1-2-8-5(6)9/h4H,1-3,7H2,(H,8,9). The molecule has 2 fully saturated rings. The lowest BCUT2D eigenvalue weighted by Crippen LogP contribution is -2.24. The Labute approximate surface area is 53.6 Å². The van der Waals surface area contributed by atoms with Gasteiger partial charge in [0.15, 0.2) is 0 Å². The predicted octanol–water partition coefficient (Wildman–Crippen LogP) is -0.776. The largest absolute Gasteiger partial charge is 0.356 e. The summed E-state index contributed by atoms with van der Waals surface area (Å²) in [6, 6.07) is 0.153. The fraction of sp³-hybridized carbons (Fsp3) is 0.833. The molecular weight excluding hydrogens is 116 g/mol. The van der Waals surface area contributed by atoms with Gasteiger partial charge >= 0.3 is 0 Å². The highest BCUT2D eigenvalue weighted by Crippen LogP contribution is 2.49. The van der Waals surface area contributed by atoms with Gasteiger partial charge in [-0.3, -0.25) is 4.79 Å². The Hall–Kier alpha value is -0.570. The second kappa shape index (κ2) is 1.29. The van der Waals surface area contributed by atoms with Crippen LogP contribution < -0.4 is 11.1 Å². The summed E-state index contributed by atoms with van der Waals surface area (Å²) >= 11 is 0. The molecule has 0 aromatic carbocycles. The van der Waals surface area contributed by atoms with Crippen LogP contribution in [0.5, 0.6) is 0 Å². The van der Waals surface area contributed by atoms with Crippen LogP contribution in [0.1, 0.15) is 12.8 Å². The molecule has 2 aliphatic rings. The zero-order chi connectivity index (χ0) is 6.48. The second-order valence-corrected chi connectivity index (χ2v) is 2.97. The molecule has 1 heterocycles. The molecule has 9 heavy (non-hydrogen) atoms. The Morgan fingerprint density at radius 1 is 1.78 bits per heavy atom. The van der Waals surface area contributed by atoms with Gasteiger partial charge in [0.05, 0.1) is 5.41 Å². The number of nitrogens with two attached hydrogens (primary N) is 1. The van der Waals surface area contributed by atoms with Gasteiger partial charge < -0.3 is 11.1 Å². The lowest BCUT2D eigenvalue weighted by Gasteiger charge is -1.99. The minimum atomic E-state index is -0.111. The summed E-state index contributed by atoms with van der Waals surface area (Å²) < 4.78 is 0. The molecule has 1 saturated carbocycles. The molecular formula is C6H10N2O. The third-order valence-electron chi connectivity index (χ3n) is 2.44. The van der Waals surface area contributed by atoms with Gasteiger partial charge in [-0.25, -0.2) is 0 Å². The lowest BCUT2D eigenvalue weighted by molar-refractivity contribution is -0.123. The first-order valence-corrected chi connectivity index (χ1v) is 3.30. The molecule has 1 aliphatic heterocycles. The van der Waals surface area contributed by atoms with E-state index in [1.807, 2.05) is 0 Å². The molecule has 0 aromatic rings. The number of carbonyl (C=O) groups is 1. The van der Waals surface area contributed by atoms with Crippen LogP contribution in [-0.2, 0) is 4.79 Å². The molecule has 3 heteroatoms. The summed E-state index contributed by atoms with van der Waals surface area (Å²) in [7, 11) is 0. The van der Waals surface area contributed by atoms with Gasteiger partial charge in [-0.2, -0.15) is 0 Å². The topological polar surface area (TPSA) is 55.1 Å². The van der Waals surface area contributed by atoms with E-state index in [1.165, 1.54) is 0 Å². The Bertz CT molecular complexity index is 168. The molecule has 1 amide bonds. The average Bonchev–Trinajstić information content (AvgIpc) is 2.29. The highest BCUT2D eigenvalue weighted by Gasteiger charge is 2.59. The van der Waals surface area contributed by atoms with Crippen molar-refractivity contribution in [2.24, 2.45) is 11.1 Å². The van der Waals surface area contributed by atoms with Crippen LogP contribution in [0.2, 0.25) is 0 Å². The Balaban J connectivity index is 2.21. The van der Waals surface area contributed by atoms with Crippen LogP contribution in [0.4, 0.5) is 0 Å². The summed E-state index contributed by atoms with van der Waals surface area (Å²) in [4.78, 5) is 11.0. The van der Waals surface area contributed by atoms with Gasteiger partial charge in [0.1, 0.15) is 0 Å². The molecule has 1 spiro atoms. The zero-order valence-electron chi connectivity index (χ0n) is 5.18. The van der Waals surface area contributed by atoms with Crippen molar-refractivity contribution in [3.8, 4) is 0 Å². The van der Waals surface area contributed by atoms with E-state index in [-0.39, 0.29) is 17.4 Å². The summed E-state index contributed by atoms with van der Waals surface area (Å²) in [6.45, 7) is 0.826. The van der Waals surface area contributed by atoms with Crippen molar-refractivity contribution in [1.29, 1.82) is 0 Å². The molecule has 1 saturated heterocycles. The highest BCUT2D eigenvalue weighted by atomic mass is 16.2. The minimum absolute atomic E-state index is 0.111. The molecule has 2 unspecified atom stereocenters. The van der Waals surface area contributed by atoms with Crippen LogP contribution in [-0.4, -0.2) is 18.5 Å². The van der Waals surface area contributed by atoms with Crippen LogP contribution in [0.3, 0.4) is 0 Å². The Morgan fingerprint density at radius 3 is 2.67 bits per heavy atom. The third kappa shape index (κ3) is 0.477. The summed E-state index contributed by atoms with van der Waals surface area (Å²) in [5.74, 6) is 0.176. The number of rotatable bonds is 0. The first-order valence-electron chi connectivity index (χ1n) is 3.30. The van der Waals surface area contributed by atoms with E-state index in [9.17, 15) is 4.79 Å². The van der Waals surface area contributed by atoms with Gasteiger partial charge in [-0.15, -0.1) is 0 Å². The van der Waals surface area contributed by atoms with E-state index in [0.29, 0.717) is 0 Å². The first-order chi connectivity index (χ1) is 4.26. The van der Waals surface area contributed by atoms with E-state index in [2.05, 4.69) is 5.32 Å². The lowest BCUT2D eigenvalue weighted by atomic mass is 10.1. The van der Waals surface area contributed by atoms with E-state index >= 15 is 0 Å². The van der Waals surface area contributed by atoms with Crippen molar-refractivity contribution >= 4 is 5.91 Å². The molecule has 1 aliphatic carbocycles. The van der Waals surface area contributed by atoms with Crippen LogP contribution in [0.25, 0.3) is 0 Å². The first kappa shape index (κ1) is 5.23. The third-order valence-corrected chi connectivity index (χ3v) is 2.44. The molecule has 2 atom stereocenters. The zero-order valence-corrected chi connectivity index (χ0v) is 5.18. The number of carbonyl (C=O) groups excluding carboxylic acids is 1. The van der Waals surface area contributed by atoms with Crippen molar-refractivity contribution in [3.63, 3.8) is 0 Å². The summed E-state index contributed by atoms with van der Waals surface area (Å²) in [5, 5.41) is 2.78. The maximum Gasteiger partial charge on any atom is 0.227 e. The van der Waals surface area contributed by atoms with E-state index in [4.69, 9.17) is 5.73 Å². The van der Waals surface area contributed by atoms with E-state index in [0.717, 1.165) is 19.4 Å². The molecule has 0 radical (unpaired) electrons. The fourth-order valence-corrected chi connectivity index (χ4v) is 1.57. The van der Waals surface area contributed by atoms with Crippen LogP contribution in [0.15, 0.2) is 0 Å². The van der Waals surface area contributed by atoms with E-state index in [1.54, 1.807) is 0 Å². The molecule has 3 N–H and O–H groups in total. The number of hydrogen-bond acceptors (Lipinski definition) is 2. The van der Waals surface area contributed by atoms with Gasteiger partial charge in [0, 0.05) is 12.6 Å². The normalized spacial score (nSPS) is 47.7. The van der Waals surface area contributed by atoms with Crippen LogP contribution in [0, 0.1) is 5.41 Å². The highest BCUT2D eigenvalue weighted by molar-refractivity contribution is 5.88. The van der Waals surface area contributed by atoms with E-state index < -0.39 is 0 Å². The van der Waals surface area contributed by atoms with Crippen molar-refractivity contribution in [1.82, 2.24) is 5.32 Å². The van der Waals surface area contributed by atoms with Crippen molar-refractivity contribution in [2.75, 3.05) is 6.54 Å². The Kier molecular flexibility index (Phi) is 0.750. The second-order valence-electron chi connectivity index (χ2n) is 2.97. The van der Waals surface area contributed by atoms with Crippen LogP contribution >= 0.6 is 0 Å². The maximum absolute atomic E-state index is 11.0. The summed E-state index contributed by atoms with van der Waals surface area (Å²) in [6.07, 6.45) is 1.85. The monoisotopic (exact) mass is 126 g/mol. The number of amides is 1. The SMILES string of the molecule is NC1CC12CCNC2=O. The molecule has 0 bridgehead atoms. The Morgan fingerprint density at radius 2 is 2.44 bits per heavy atom. The van der Waals surface area contributed by atoms with Crippen molar-refractivity contribution in [3.05, 3.63) is 0 Å². The smallest absolute Gasteiger partial charge is 0.227 e. The van der Waals surface area contributed by atoms with Gasteiger partial charge in [-0.05, 0) is 12.8 Å². The summed E-state index contributed by atoms with van der Waals surface area (Å²) in [5.41, 5.74) is 5.48. The van der Waals surface area contributed by atoms with Gasteiger partial charge in [0.2, 0.25) is 5.91 Å².